The van der Waals surface area contributed by atoms with Gasteiger partial charge in [-0.1, -0.05) is 12.1 Å². The molecule has 0 fully saturated rings. The fourth-order valence-electron chi connectivity index (χ4n) is 2.31. The summed E-state index contributed by atoms with van der Waals surface area (Å²) in [6.45, 7) is 2.13. The van der Waals surface area contributed by atoms with E-state index in [1.807, 2.05) is 0 Å². The number of carbonyl (C=O) groups excluding carboxylic acids is 2. The van der Waals surface area contributed by atoms with Crippen molar-refractivity contribution in [2.75, 3.05) is 27.4 Å². The van der Waals surface area contributed by atoms with Crippen molar-refractivity contribution < 1.29 is 23.8 Å². The molecule has 2 amide bonds. The van der Waals surface area contributed by atoms with Crippen LogP contribution in [0.1, 0.15) is 18.5 Å². The summed E-state index contributed by atoms with van der Waals surface area (Å²) in [6.07, 6.45) is 0. The summed E-state index contributed by atoms with van der Waals surface area (Å²) in [4.78, 5) is 24.1. The second-order valence-corrected chi connectivity index (χ2v) is 4.97. The van der Waals surface area contributed by atoms with E-state index in [9.17, 15) is 9.59 Å². The van der Waals surface area contributed by atoms with Crippen LogP contribution in [0.15, 0.2) is 35.5 Å². The Hall–Kier alpha value is -2.54. The number of amides is 2. The third kappa shape index (κ3) is 4.01. The Morgan fingerprint density at radius 2 is 1.87 bits per heavy atom. The van der Waals surface area contributed by atoms with Gasteiger partial charge in [0.05, 0.1) is 25.3 Å². The average molecular weight is 320 g/mol. The van der Waals surface area contributed by atoms with Crippen LogP contribution in [-0.4, -0.2) is 39.4 Å². The van der Waals surface area contributed by atoms with Gasteiger partial charge in [-0.25, -0.2) is 9.59 Å². The molecular formula is C16H20N2O5. The number of hydrogen-bond donors (Lipinski definition) is 2. The molecule has 124 valence electrons. The molecule has 0 aromatic heterocycles. The molecule has 0 radical (unpaired) electrons. The minimum absolute atomic E-state index is 0.148. The predicted molar refractivity (Wildman–Crippen MR) is 82.9 cm³/mol. The lowest BCUT2D eigenvalue weighted by Crippen LogP contribution is -2.45. The first-order valence-corrected chi connectivity index (χ1v) is 7.15. The highest BCUT2D eigenvalue weighted by Crippen LogP contribution is 2.28. The van der Waals surface area contributed by atoms with Crippen LogP contribution in [0.3, 0.4) is 0 Å². The molecule has 1 aromatic carbocycles. The molecule has 0 saturated carbocycles. The van der Waals surface area contributed by atoms with E-state index >= 15 is 0 Å². The van der Waals surface area contributed by atoms with Crippen molar-refractivity contribution in [1.82, 2.24) is 10.6 Å². The SMILES string of the molecule is COCCOC(=O)C1=C(C)NC(=O)N[C@@H]1c1ccc(OC)cc1. The van der Waals surface area contributed by atoms with Gasteiger partial charge in [0.15, 0.2) is 0 Å². The summed E-state index contributed by atoms with van der Waals surface area (Å²) in [7, 11) is 3.10. The van der Waals surface area contributed by atoms with Crippen LogP contribution in [0.25, 0.3) is 0 Å². The lowest BCUT2D eigenvalue weighted by atomic mass is 9.95. The molecule has 0 aliphatic carbocycles. The van der Waals surface area contributed by atoms with E-state index in [2.05, 4.69) is 10.6 Å². The number of nitrogens with one attached hydrogen (secondary N) is 2. The first-order valence-electron chi connectivity index (χ1n) is 7.15. The van der Waals surface area contributed by atoms with Crippen molar-refractivity contribution in [2.24, 2.45) is 0 Å². The van der Waals surface area contributed by atoms with E-state index in [4.69, 9.17) is 14.2 Å². The maximum Gasteiger partial charge on any atom is 0.338 e. The monoisotopic (exact) mass is 320 g/mol. The third-order valence-corrected chi connectivity index (χ3v) is 3.46. The van der Waals surface area contributed by atoms with Crippen molar-refractivity contribution in [3.05, 3.63) is 41.1 Å². The molecule has 1 aromatic rings. The van der Waals surface area contributed by atoms with E-state index in [0.717, 1.165) is 5.56 Å². The molecule has 2 rings (SSSR count). The van der Waals surface area contributed by atoms with Crippen molar-refractivity contribution in [3.63, 3.8) is 0 Å². The number of esters is 1. The van der Waals surface area contributed by atoms with Gasteiger partial charge in [0.2, 0.25) is 0 Å². The van der Waals surface area contributed by atoms with Gasteiger partial charge in [0, 0.05) is 12.8 Å². The van der Waals surface area contributed by atoms with Gasteiger partial charge in [0.25, 0.3) is 0 Å². The number of hydrogen-bond acceptors (Lipinski definition) is 5. The van der Waals surface area contributed by atoms with Crippen LogP contribution >= 0.6 is 0 Å². The van der Waals surface area contributed by atoms with Crippen molar-refractivity contribution in [3.8, 4) is 5.75 Å². The smallest absolute Gasteiger partial charge is 0.338 e. The van der Waals surface area contributed by atoms with Gasteiger partial charge in [-0.05, 0) is 24.6 Å². The maximum absolute atomic E-state index is 12.3. The van der Waals surface area contributed by atoms with Crippen molar-refractivity contribution in [2.45, 2.75) is 13.0 Å². The Morgan fingerprint density at radius 3 is 2.48 bits per heavy atom. The predicted octanol–water partition coefficient (Wildman–Crippen LogP) is 1.51. The maximum atomic E-state index is 12.3. The number of benzene rings is 1. The zero-order chi connectivity index (χ0) is 16.8. The lowest BCUT2D eigenvalue weighted by molar-refractivity contribution is -0.140. The third-order valence-electron chi connectivity index (χ3n) is 3.46. The molecule has 0 bridgehead atoms. The molecule has 0 saturated heterocycles. The molecule has 1 aliphatic heterocycles. The normalized spacial score (nSPS) is 17.3. The molecule has 7 heteroatoms. The van der Waals surface area contributed by atoms with E-state index in [1.54, 1.807) is 38.3 Å². The number of allylic oxidation sites excluding steroid dienone is 1. The molecule has 0 unspecified atom stereocenters. The average Bonchev–Trinajstić information content (AvgIpc) is 2.54. The zero-order valence-electron chi connectivity index (χ0n) is 13.3. The molecule has 1 heterocycles. The topological polar surface area (TPSA) is 85.9 Å². The summed E-state index contributed by atoms with van der Waals surface area (Å²) in [5.41, 5.74) is 1.60. The number of rotatable bonds is 6. The van der Waals surface area contributed by atoms with E-state index < -0.39 is 12.0 Å². The molecule has 1 atom stereocenters. The molecule has 0 spiro atoms. The Morgan fingerprint density at radius 1 is 1.17 bits per heavy atom. The molecule has 2 N–H and O–H groups in total. The van der Waals surface area contributed by atoms with Gasteiger partial charge in [-0.3, -0.25) is 0 Å². The Bertz CT molecular complexity index is 609. The Labute approximate surface area is 134 Å². The summed E-state index contributed by atoms with van der Waals surface area (Å²) in [6, 6.07) is 6.19. The highest BCUT2D eigenvalue weighted by atomic mass is 16.6. The lowest BCUT2D eigenvalue weighted by Gasteiger charge is -2.28. The fraction of sp³-hybridized carbons (Fsp3) is 0.375. The molecule has 7 nitrogen and oxygen atoms in total. The Kier molecular flexibility index (Phi) is 5.59. The van der Waals surface area contributed by atoms with E-state index in [-0.39, 0.29) is 12.6 Å². The van der Waals surface area contributed by atoms with Gasteiger partial charge in [-0.2, -0.15) is 0 Å². The summed E-state index contributed by atoms with van der Waals surface area (Å²) in [5.74, 6) is 0.201. The largest absolute Gasteiger partial charge is 0.497 e. The number of ether oxygens (including phenoxy) is 3. The highest BCUT2D eigenvalue weighted by molar-refractivity contribution is 5.95. The second-order valence-electron chi connectivity index (χ2n) is 4.97. The minimum atomic E-state index is -0.579. The van der Waals surface area contributed by atoms with Crippen LogP contribution in [0, 0.1) is 0 Å². The summed E-state index contributed by atoms with van der Waals surface area (Å²) in [5, 5.41) is 5.34. The summed E-state index contributed by atoms with van der Waals surface area (Å²) >= 11 is 0. The number of methoxy groups -OCH3 is 2. The minimum Gasteiger partial charge on any atom is -0.497 e. The van der Waals surface area contributed by atoms with Gasteiger partial charge in [0.1, 0.15) is 12.4 Å². The number of carbonyl (C=O) groups is 2. The first-order chi connectivity index (χ1) is 11.1. The van der Waals surface area contributed by atoms with Crippen molar-refractivity contribution in [1.29, 1.82) is 0 Å². The molecular weight excluding hydrogens is 300 g/mol. The second kappa shape index (κ2) is 7.64. The molecule has 23 heavy (non-hydrogen) atoms. The van der Waals surface area contributed by atoms with Gasteiger partial charge < -0.3 is 24.8 Å². The quantitative estimate of drug-likeness (QED) is 0.613. The van der Waals surface area contributed by atoms with Crippen LogP contribution in [0.5, 0.6) is 5.75 Å². The zero-order valence-corrected chi connectivity index (χ0v) is 13.3. The Balaban J connectivity index is 2.27. The van der Waals surface area contributed by atoms with Crippen LogP contribution < -0.4 is 15.4 Å². The van der Waals surface area contributed by atoms with Crippen LogP contribution in [0.4, 0.5) is 4.79 Å². The number of urea groups is 1. The summed E-state index contributed by atoms with van der Waals surface area (Å²) < 4.78 is 15.2. The first kappa shape index (κ1) is 16.8. The standard InChI is InChI=1S/C16H20N2O5/c1-10-13(15(19)23-9-8-21-2)14(18-16(20)17-10)11-4-6-12(22-3)7-5-11/h4-7,14H,8-9H2,1-3H3,(H2,17,18,20)/t14-/m1/s1. The molecule has 1 aliphatic rings. The van der Waals surface area contributed by atoms with Gasteiger partial charge >= 0.3 is 12.0 Å². The van der Waals surface area contributed by atoms with Crippen LogP contribution in [-0.2, 0) is 14.3 Å². The van der Waals surface area contributed by atoms with Gasteiger partial charge in [-0.15, -0.1) is 0 Å². The van der Waals surface area contributed by atoms with Crippen molar-refractivity contribution >= 4 is 12.0 Å². The van der Waals surface area contributed by atoms with Crippen LogP contribution in [0.2, 0.25) is 0 Å². The highest BCUT2D eigenvalue weighted by Gasteiger charge is 2.32. The van der Waals surface area contributed by atoms with E-state index in [0.29, 0.717) is 23.6 Å². The van der Waals surface area contributed by atoms with E-state index in [1.165, 1.54) is 7.11 Å². The fourth-order valence-corrected chi connectivity index (χ4v) is 2.31.